The van der Waals surface area contributed by atoms with Crippen LogP contribution in [-0.2, 0) is 17.9 Å². The highest BCUT2D eigenvalue weighted by molar-refractivity contribution is 5.86. The van der Waals surface area contributed by atoms with Crippen LogP contribution in [0.3, 0.4) is 0 Å². The third kappa shape index (κ3) is 1.49. The lowest BCUT2D eigenvalue weighted by atomic mass is 10.2. The third-order valence-corrected chi connectivity index (χ3v) is 2.97. The SMILES string of the molecule is CC(=O)N1Cc2cc3c(N)ncnc3nc2C1. The molecule has 1 aliphatic heterocycles. The second kappa shape index (κ2) is 3.38. The summed E-state index contributed by atoms with van der Waals surface area (Å²) in [7, 11) is 0. The van der Waals surface area contributed by atoms with Gasteiger partial charge in [0.1, 0.15) is 12.1 Å². The van der Waals surface area contributed by atoms with Gasteiger partial charge in [-0.05, 0) is 11.6 Å². The standard InChI is InChI=1S/C11H11N5O/c1-6(17)16-3-7-2-8-10(12)13-5-14-11(8)15-9(7)4-16/h2,5H,3-4H2,1H3,(H2,12,13,14,15). The zero-order valence-electron chi connectivity index (χ0n) is 9.34. The summed E-state index contributed by atoms with van der Waals surface area (Å²) in [5.74, 6) is 0.470. The highest BCUT2D eigenvalue weighted by Gasteiger charge is 2.23. The van der Waals surface area contributed by atoms with Gasteiger partial charge in [-0.2, -0.15) is 0 Å². The maximum atomic E-state index is 11.3. The average molecular weight is 229 g/mol. The van der Waals surface area contributed by atoms with Gasteiger partial charge < -0.3 is 10.6 Å². The van der Waals surface area contributed by atoms with Gasteiger partial charge in [-0.25, -0.2) is 15.0 Å². The van der Waals surface area contributed by atoms with Crippen LogP contribution in [-0.4, -0.2) is 25.8 Å². The van der Waals surface area contributed by atoms with Crippen LogP contribution in [0.5, 0.6) is 0 Å². The third-order valence-electron chi connectivity index (χ3n) is 2.97. The van der Waals surface area contributed by atoms with E-state index in [4.69, 9.17) is 5.73 Å². The van der Waals surface area contributed by atoms with E-state index >= 15 is 0 Å². The summed E-state index contributed by atoms with van der Waals surface area (Å²) in [5, 5.41) is 0.747. The molecule has 0 saturated carbocycles. The van der Waals surface area contributed by atoms with Crippen molar-refractivity contribution in [3.63, 3.8) is 0 Å². The molecule has 6 nitrogen and oxygen atoms in total. The van der Waals surface area contributed by atoms with Crippen molar-refractivity contribution in [3.05, 3.63) is 23.7 Å². The minimum atomic E-state index is 0.0473. The first-order chi connectivity index (χ1) is 8.15. The quantitative estimate of drug-likeness (QED) is 0.709. The number of pyridine rings is 1. The highest BCUT2D eigenvalue weighted by atomic mass is 16.2. The maximum Gasteiger partial charge on any atom is 0.220 e. The van der Waals surface area contributed by atoms with Crippen molar-refractivity contribution >= 4 is 22.8 Å². The van der Waals surface area contributed by atoms with E-state index in [9.17, 15) is 4.79 Å². The number of rotatable bonds is 0. The molecule has 17 heavy (non-hydrogen) atoms. The molecule has 0 aromatic carbocycles. The molecule has 6 heteroatoms. The van der Waals surface area contributed by atoms with E-state index in [0.717, 1.165) is 16.6 Å². The van der Waals surface area contributed by atoms with Crippen LogP contribution < -0.4 is 5.73 Å². The average Bonchev–Trinajstić information content (AvgIpc) is 2.70. The number of carbonyl (C=O) groups is 1. The van der Waals surface area contributed by atoms with Crippen molar-refractivity contribution in [1.82, 2.24) is 19.9 Å². The maximum absolute atomic E-state index is 11.3. The summed E-state index contributed by atoms with van der Waals surface area (Å²) >= 11 is 0. The first-order valence-electron chi connectivity index (χ1n) is 5.29. The van der Waals surface area contributed by atoms with Gasteiger partial charge in [0.25, 0.3) is 0 Å². The zero-order valence-corrected chi connectivity index (χ0v) is 9.34. The van der Waals surface area contributed by atoms with E-state index in [2.05, 4.69) is 15.0 Å². The predicted octanol–water partition coefficient (Wildman–Crippen LogP) is 0.469. The predicted molar refractivity (Wildman–Crippen MR) is 61.7 cm³/mol. The first-order valence-corrected chi connectivity index (χ1v) is 5.29. The van der Waals surface area contributed by atoms with E-state index in [1.807, 2.05) is 6.07 Å². The fourth-order valence-corrected chi connectivity index (χ4v) is 2.02. The monoisotopic (exact) mass is 229 g/mol. The van der Waals surface area contributed by atoms with E-state index in [0.29, 0.717) is 24.6 Å². The zero-order chi connectivity index (χ0) is 12.0. The number of carbonyl (C=O) groups excluding carboxylic acids is 1. The Morgan fingerprint density at radius 1 is 1.41 bits per heavy atom. The van der Waals surface area contributed by atoms with Gasteiger partial charge in [-0.3, -0.25) is 4.79 Å². The Morgan fingerprint density at radius 3 is 3.00 bits per heavy atom. The van der Waals surface area contributed by atoms with E-state index in [1.165, 1.54) is 6.33 Å². The summed E-state index contributed by atoms with van der Waals surface area (Å²) in [6, 6.07) is 1.93. The van der Waals surface area contributed by atoms with E-state index in [1.54, 1.807) is 11.8 Å². The Bertz CT molecular complexity index is 625. The van der Waals surface area contributed by atoms with Crippen LogP contribution in [0.25, 0.3) is 11.0 Å². The van der Waals surface area contributed by atoms with Gasteiger partial charge in [-0.15, -0.1) is 0 Å². The Labute approximate surface area is 97.5 Å². The summed E-state index contributed by atoms with van der Waals surface area (Å²) < 4.78 is 0. The van der Waals surface area contributed by atoms with Gasteiger partial charge in [0.2, 0.25) is 5.91 Å². The Morgan fingerprint density at radius 2 is 2.24 bits per heavy atom. The molecule has 2 aromatic rings. The summed E-state index contributed by atoms with van der Waals surface area (Å²) in [4.78, 5) is 25.5. The summed E-state index contributed by atoms with van der Waals surface area (Å²) in [6.07, 6.45) is 1.40. The topological polar surface area (TPSA) is 85.0 Å². The molecule has 0 atom stereocenters. The van der Waals surface area contributed by atoms with Crippen LogP contribution in [0.1, 0.15) is 18.2 Å². The fourth-order valence-electron chi connectivity index (χ4n) is 2.02. The number of nitrogens with zero attached hydrogens (tertiary/aromatic N) is 4. The lowest BCUT2D eigenvalue weighted by Crippen LogP contribution is -2.21. The van der Waals surface area contributed by atoms with Crippen molar-refractivity contribution in [1.29, 1.82) is 0 Å². The number of nitrogen functional groups attached to an aromatic ring is 1. The number of aromatic nitrogens is 3. The number of hydrogen-bond donors (Lipinski definition) is 1. The Kier molecular flexibility index (Phi) is 1.98. The lowest BCUT2D eigenvalue weighted by molar-refractivity contribution is -0.129. The van der Waals surface area contributed by atoms with Crippen molar-refractivity contribution in [3.8, 4) is 0 Å². The van der Waals surface area contributed by atoms with Gasteiger partial charge in [0.05, 0.1) is 17.6 Å². The summed E-state index contributed by atoms with van der Waals surface area (Å²) in [6.45, 7) is 2.69. The molecule has 2 aromatic heterocycles. The highest BCUT2D eigenvalue weighted by Crippen LogP contribution is 2.25. The van der Waals surface area contributed by atoms with Crippen molar-refractivity contribution in [2.75, 3.05) is 5.73 Å². The normalized spacial score (nSPS) is 14.1. The Hall–Kier alpha value is -2.24. The van der Waals surface area contributed by atoms with Crippen LogP contribution in [0, 0.1) is 0 Å². The number of hydrogen-bond acceptors (Lipinski definition) is 5. The van der Waals surface area contributed by atoms with Gasteiger partial charge >= 0.3 is 0 Å². The minimum Gasteiger partial charge on any atom is -0.383 e. The van der Waals surface area contributed by atoms with Gasteiger partial charge in [-0.1, -0.05) is 0 Å². The molecular weight excluding hydrogens is 218 g/mol. The van der Waals surface area contributed by atoms with Crippen LogP contribution >= 0.6 is 0 Å². The minimum absolute atomic E-state index is 0.0473. The van der Waals surface area contributed by atoms with Gasteiger partial charge in [0, 0.05) is 13.5 Å². The van der Waals surface area contributed by atoms with Crippen LogP contribution in [0.2, 0.25) is 0 Å². The number of anilines is 1. The molecule has 0 radical (unpaired) electrons. The molecule has 3 rings (SSSR count). The molecule has 2 N–H and O–H groups in total. The first kappa shape index (κ1) is 9.95. The molecule has 0 spiro atoms. The number of amides is 1. The van der Waals surface area contributed by atoms with Crippen molar-refractivity contribution < 1.29 is 4.79 Å². The van der Waals surface area contributed by atoms with Crippen LogP contribution in [0.4, 0.5) is 5.82 Å². The van der Waals surface area contributed by atoms with Crippen molar-refractivity contribution in [2.45, 2.75) is 20.0 Å². The number of nitrogens with two attached hydrogens (primary N) is 1. The molecular formula is C11H11N5O. The second-order valence-electron chi connectivity index (χ2n) is 4.10. The second-order valence-corrected chi connectivity index (χ2v) is 4.10. The molecule has 1 amide bonds. The lowest BCUT2D eigenvalue weighted by Gasteiger charge is -2.10. The molecule has 86 valence electrons. The van der Waals surface area contributed by atoms with Gasteiger partial charge in [0.15, 0.2) is 5.65 Å². The molecule has 0 aliphatic carbocycles. The molecule has 0 fully saturated rings. The molecule has 0 unspecified atom stereocenters. The van der Waals surface area contributed by atoms with E-state index in [-0.39, 0.29) is 5.91 Å². The van der Waals surface area contributed by atoms with Crippen LogP contribution in [0.15, 0.2) is 12.4 Å². The molecule has 0 saturated heterocycles. The van der Waals surface area contributed by atoms with Crippen molar-refractivity contribution in [2.24, 2.45) is 0 Å². The number of fused-ring (bicyclic) bond motifs is 2. The molecule has 1 aliphatic rings. The Balaban J connectivity index is 2.15. The molecule has 0 bridgehead atoms. The fraction of sp³-hybridized carbons (Fsp3) is 0.273. The molecule has 3 heterocycles. The summed E-state index contributed by atoms with van der Waals surface area (Å²) in [5.41, 5.74) is 8.27. The smallest absolute Gasteiger partial charge is 0.220 e. The van der Waals surface area contributed by atoms with E-state index < -0.39 is 0 Å². The largest absolute Gasteiger partial charge is 0.383 e.